The third-order valence-electron chi connectivity index (χ3n) is 4.74. The minimum Gasteiger partial charge on any atom is -0.351 e. The maximum atomic E-state index is 12.8. The third kappa shape index (κ3) is 2.94. The number of carbonyl (C=O) groups excluding carboxylic acids is 2. The SMILES string of the molecule is CC(=O)N[C@@H]1Cc2ccccc2[C@H]1NC(=O)c1cn2cc(C)ccc2n1. The summed E-state index contributed by atoms with van der Waals surface area (Å²) in [7, 11) is 0. The molecular formula is C20H20N4O2. The fourth-order valence-corrected chi connectivity index (χ4v) is 3.60. The topological polar surface area (TPSA) is 75.5 Å². The molecule has 2 N–H and O–H groups in total. The lowest BCUT2D eigenvalue weighted by Crippen LogP contribution is -2.43. The number of aromatic nitrogens is 2. The molecule has 0 radical (unpaired) electrons. The Morgan fingerprint density at radius 1 is 1.12 bits per heavy atom. The number of imidazole rings is 1. The van der Waals surface area contributed by atoms with Crippen LogP contribution in [-0.2, 0) is 11.2 Å². The van der Waals surface area contributed by atoms with Gasteiger partial charge in [-0.1, -0.05) is 30.3 Å². The van der Waals surface area contributed by atoms with Gasteiger partial charge in [0.05, 0.1) is 12.1 Å². The van der Waals surface area contributed by atoms with E-state index in [4.69, 9.17) is 0 Å². The number of amides is 2. The van der Waals surface area contributed by atoms with E-state index in [1.807, 2.05) is 53.9 Å². The average molecular weight is 348 g/mol. The summed E-state index contributed by atoms with van der Waals surface area (Å²) in [5.41, 5.74) is 4.37. The highest BCUT2D eigenvalue weighted by atomic mass is 16.2. The number of fused-ring (bicyclic) bond motifs is 2. The lowest BCUT2D eigenvalue weighted by molar-refractivity contribution is -0.119. The highest BCUT2D eigenvalue weighted by molar-refractivity contribution is 5.93. The molecule has 0 aliphatic heterocycles. The number of nitrogens with zero attached hydrogens (tertiary/aromatic N) is 2. The number of pyridine rings is 1. The van der Waals surface area contributed by atoms with Gasteiger partial charge in [0.25, 0.3) is 5.91 Å². The number of nitrogens with one attached hydrogen (secondary N) is 2. The molecule has 4 rings (SSSR count). The first-order valence-electron chi connectivity index (χ1n) is 8.62. The van der Waals surface area contributed by atoms with Crippen molar-refractivity contribution >= 4 is 17.5 Å². The molecule has 1 aliphatic carbocycles. The highest BCUT2D eigenvalue weighted by Crippen LogP contribution is 2.31. The Balaban J connectivity index is 1.62. The highest BCUT2D eigenvalue weighted by Gasteiger charge is 2.34. The zero-order chi connectivity index (χ0) is 18.3. The minimum absolute atomic E-state index is 0.106. The van der Waals surface area contributed by atoms with Crippen molar-refractivity contribution < 1.29 is 9.59 Å². The van der Waals surface area contributed by atoms with Crippen molar-refractivity contribution in [2.75, 3.05) is 0 Å². The molecule has 26 heavy (non-hydrogen) atoms. The van der Waals surface area contributed by atoms with Crippen LogP contribution in [0.25, 0.3) is 5.65 Å². The number of hydrogen-bond donors (Lipinski definition) is 2. The molecule has 2 heterocycles. The summed E-state index contributed by atoms with van der Waals surface area (Å²) in [4.78, 5) is 28.8. The van der Waals surface area contributed by atoms with Crippen LogP contribution in [0.15, 0.2) is 48.8 Å². The van der Waals surface area contributed by atoms with Gasteiger partial charge in [-0.2, -0.15) is 0 Å². The Kier molecular flexibility index (Phi) is 3.95. The van der Waals surface area contributed by atoms with Crippen LogP contribution >= 0.6 is 0 Å². The van der Waals surface area contributed by atoms with E-state index in [1.54, 1.807) is 6.20 Å². The Hall–Kier alpha value is -3.15. The summed E-state index contributed by atoms with van der Waals surface area (Å²) in [5, 5.41) is 6.00. The van der Waals surface area contributed by atoms with E-state index in [1.165, 1.54) is 6.92 Å². The normalized spacial score (nSPS) is 18.5. The van der Waals surface area contributed by atoms with Crippen LogP contribution in [0.3, 0.4) is 0 Å². The van der Waals surface area contributed by atoms with Crippen molar-refractivity contribution in [3.8, 4) is 0 Å². The molecule has 0 fully saturated rings. The van der Waals surface area contributed by atoms with Gasteiger partial charge in [0.15, 0.2) is 0 Å². The molecule has 1 aromatic carbocycles. The molecule has 2 amide bonds. The first-order chi connectivity index (χ1) is 12.5. The van der Waals surface area contributed by atoms with Gasteiger partial charge in [0.1, 0.15) is 11.3 Å². The van der Waals surface area contributed by atoms with E-state index >= 15 is 0 Å². The molecule has 3 aromatic rings. The van der Waals surface area contributed by atoms with E-state index in [2.05, 4.69) is 15.6 Å². The lowest BCUT2D eigenvalue weighted by atomic mass is 10.1. The monoisotopic (exact) mass is 348 g/mol. The zero-order valence-electron chi connectivity index (χ0n) is 14.7. The van der Waals surface area contributed by atoms with Crippen molar-refractivity contribution in [2.45, 2.75) is 32.4 Å². The van der Waals surface area contributed by atoms with Crippen molar-refractivity contribution in [3.63, 3.8) is 0 Å². The van der Waals surface area contributed by atoms with Crippen molar-refractivity contribution in [1.82, 2.24) is 20.0 Å². The molecule has 0 unspecified atom stereocenters. The van der Waals surface area contributed by atoms with E-state index in [9.17, 15) is 9.59 Å². The number of hydrogen-bond acceptors (Lipinski definition) is 3. The molecule has 6 nitrogen and oxygen atoms in total. The summed E-state index contributed by atoms with van der Waals surface area (Å²) in [5.74, 6) is -0.353. The van der Waals surface area contributed by atoms with E-state index in [0.29, 0.717) is 12.1 Å². The van der Waals surface area contributed by atoms with Crippen molar-refractivity contribution in [2.24, 2.45) is 0 Å². The van der Waals surface area contributed by atoms with E-state index in [-0.39, 0.29) is 23.9 Å². The fourth-order valence-electron chi connectivity index (χ4n) is 3.60. The Labute approximate surface area is 151 Å². The van der Waals surface area contributed by atoms with E-state index < -0.39 is 0 Å². The first kappa shape index (κ1) is 16.3. The van der Waals surface area contributed by atoms with Crippen LogP contribution in [-0.4, -0.2) is 27.2 Å². The van der Waals surface area contributed by atoms with Crippen LogP contribution in [0.4, 0.5) is 0 Å². The van der Waals surface area contributed by atoms with Gasteiger partial charge in [0, 0.05) is 19.3 Å². The van der Waals surface area contributed by atoms with Crippen LogP contribution < -0.4 is 10.6 Å². The van der Waals surface area contributed by atoms with Crippen LogP contribution in [0.5, 0.6) is 0 Å². The molecule has 132 valence electrons. The number of benzene rings is 1. The molecule has 2 aromatic heterocycles. The number of rotatable bonds is 3. The van der Waals surface area contributed by atoms with Gasteiger partial charge < -0.3 is 15.0 Å². The summed E-state index contributed by atoms with van der Waals surface area (Å²) in [6, 6.07) is 11.4. The maximum absolute atomic E-state index is 12.8. The Bertz CT molecular complexity index is 1010. The summed E-state index contributed by atoms with van der Waals surface area (Å²) < 4.78 is 1.85. The molecule has 0 spiro atoms. The minimum atomic E-state index is -0.269. The number of aryl methyl sites for hydroxylation is 1. The van der Waals surface area contributed by atoms with Gasteiger partial charge >= 0.3 is 0 Å². The largest absolute Gasteiger partial charge is 0.351 e. The quantitative estimate of drug-likeness (QED) is 0.762. The molecule has 2 atom stereocenters. The Morgan fingerprint density at radius 2 is 1.92 bits per heavy atom. The Morgan fingerprint density at radius 3 is 2.73 bits per heavy atom. The van der Waals surface area contributed by atoms with Crippen LogP contribution in [0.2, 0.25) is 0 Å². The van der Waals surface area contributed by atoms with Crippen LogP contribution in [0, 0.1) is 6.92 Å². The molecule has 0 saturated heterocycles. The predicted molar refractivity (Wildman–Crippen MR) is 97.9 cm³/mol. The second-order valence-corrected chi connectivity index (χ2v) is 6.76. The smallest absolute Gasteiger partial charge is 0.272 e. The molecule has 0 bridgehead atoms. The first-order valence-corrected chi connectivity index (χ1v) is 8.62. The average Bonchev–Trinajstić information content (AvgIpc) is 3.16. The second-order valence-electron chi connectivity index (χ2n) is 6.76. The van der Waals surface area contributed by atoms with Crippen molar-refractivity contribution in [3.05, 3.63) is 71.2 Å². The standard InChI is InChI=1S/C20H20N4O2/c1-12-7-8-18-22-17(11-24(18)10-12)20(26)23-19-15-6-4-3-5-14(15)9-16(19)21-13(2)25/h3-8,10-11,16,19H,9H2,1-2H3,(H,21,25)(H,23,26)/t16-,19-/m1/s1. The van der Waals surface area contributed by atoms with Gasteiger partial charge in [-0.15, -0.1) is 0 Å². The molecule has 0 saturated carbocycles. The summed E-state index contributed by atoms with van der Waals surface area (Å²) >= 11 is 0. The third-order valence-corrected chi connectivity index (χ3v) is 4.74. The van der Waals surface area contributed by atoms with E-state index in [0.717, 1.165) is 22.3 Å². The fraction of sp³-hybridized carbons (Fsp3) is 0.250. The summed E-state index contributed by atoms with van der Waals surface area (Å²) in [6.45, 7) is 3.49. The molecule has 6 heteroatoms. The predicted octanol–water partition coefficient (Wildman–Crippen LogP) is 2.17. The number of carbonyl (C=O) groups is 2. The van der Waals surface area contributed by atoms with Gasteiger partial charge in [-0.25, -0.2) is 4.98 Å². The van der Waals surface area contributed by atoms with Crippen molar-refractivity contribution in [1.29, 1.82) is 0 Å². The summed E-state index contributed by atoms with van der Waals surface area (Å²) in [6.07, 6.45) is 4.36. The van der Waals surface area contributed by atoms with Gasteiger partial charge in [-0.3, -0.25) is 9.59 Å². The van der Waals surface area contributed by atoms with Crippen LogP contribution in [0.1, 0.15) is 40.1 Å². The zero-order valence-corrected chi connectivity index (χ0v) is 14.7. The lowest BCUT2D eigenvalue weighted by Gasteiger charge is -2.22. The van der Waals surface area contributed by atoms with Gasteiger partial charge in [-0.05, 0) is 36.1 Å². The molecule has 1 aliphatic rings. The maximum Gasteiger partial charge on any atom is 0.272 e. The second kappa shape index (κ2) is 6.29. The molecular weight excluding hydrogens is 328 g/mol. The van der Waals surface area contributed by atoms with Gasteiger partial charge in [0.2, 0.25) is 5.91 Å².